The summed E-state index contributed by atoms with van der Waals surface area (Å²) in [7, 11) is 4.05. The first-order valence-corrected chi connectivity index (χ1v) is 7.27. The highest BCUT2D eigenvalue weighted by atomic mass is 35.5. The number of para-hydroxylation sites is 1. The zero-order chi connectivity index (χ0) is 15.1. The number of halogens is 2. The molecule has 1 amide bonds. The number of hydrogen-bond acceptors (Lipinski definition) is 3. The molecule has 0 bridgehead atoms. The Balaban J connectivity index is 2.40. The molecule has 20 heavy (non-hydrogen) atoms. The number of nitrogens with zero attached hydrogens (tertiary/aromatic N) is 1. The van der Waals surface area contributed by atoms with Crippen LogP contribution in [0.1, 0.15) is 13.3 Å². The third-order valence-electron chi connectivity index (χ3n) is 2.85. The van der Waals surface area contributed by atoms with Crippen LogP contribution in [0.15, 0.2) is 18.2 Å². The van der Waals surface area contributed by atoms with Crippen molar-refractivity contribution in [2.45, 2.75) is 19.4 Å². The van der Waals surface area contributed by atoms with Gasteiger partial charge in [0, 0.05) is 6.04 Å². The molecule has 6 heteroatoms. The van der Waals surface area contributed by atoms with Gasteiger partial charge in [0.05, 0.1) is 22.3 Å². The summed E-state index contributed by atoms with van der Waals surface area (Å²) in [5.41, 5.74) is 0.462. The van der Waals surface area contributed by atoms with Gasteiger partial charge in [-0.05, 0) is 46.1 Å². The maximum atomic E-state index is 11.9. The van der Waals surface area contributed by atoms with Gasteiger partial charge in [-0.1, -0.05) is 29.3 Å². The molecule has 0 aliphatic rings. The minimum absolute atomic E-state index is 0.156. The van der Waals surface area contributed by atoms with Crippen LogP contribution in [0.2, 0.25) is 10.0 Å². The maximum absolute atomic E-state index is 11.9. The summed E-state index contributed by atoms with van der Waals surface area (Å²) in [6.07, 6.45) is 0.979. The van der Waals surface area contributed by atoms with Crippen LogP contribution in [-0.2, 0) is 4.79 Å². The Labute approximate surface area is 130 Å². The van der Waals surface area contributed by atoms with Crippen LogP contribution in [0.4, 0.5) is 5.69 Å². The molecule has 1 rings (SSSR count). The monoisotopic (exact) mass is 317 g/mol. The minimum atomic E-state index is -0.156. The highest BCUT2D eigenvalue weighted by Gasteiger charge is 2.10. The summed E-state index contributed by atoms with van der Waals surface area (Å²) < 4.78 is 0. The van der Waals surface area contributed by atoms with Crippen molar-refractivity contribution in [1.82, 2.24) is 10.2 Å². The normalized spacial score (nSPS) is 12.5. The molecular weight excluding hydrogens is 297 g/mol. The topological polar surface area (TPSA) is 44.4 Å². The molecule has 1 unspecified atom stereocenters. The number of amides is 1. The van der Waals surface area contributed by atoms with Gasteiger partial charge >= 0.3 is 0 Å². The number of hydrogen-bond donors (Lipinski definition) is 2. The molecule has 0 aliphatic heterocycles. The second kappa shape index (κ2) is 8.47. The molecule has 1 aromatic carbocycles. The van der Waals surface area contributed by atoms with Crippen LogP contribution in [0.5, 0.6) is 0 Å². The van der Waals surface area contributed by atoms with Gasteiger partial charge in [0.2, 0.25) is 5.91 Å². The van der Waals surface area contributed by atoms with Crippen molar-refractivity contribution in [2.24, 2.45) is 0 Å². The molecule has 2 N–H and O–H groups in total. The van der Waals surface area contributed by atoms with Crippen molar-refractivity contribution in [1.29, 1.82) is 0 Å². The number of anilines is 1. The van der Waals surface area contributed by atoms with Crippen molar-refractivity contribution >= 4 is 34.8 Å². The van der Waals surface area contributed by atoms with E-state index in [0.717, 1.165) is 13.0 Å². The molecule has 0 saturated heterocycles. The lowest BCUT2D eigenvalue weighted by atomic mass is 10.2. The number of carbonyl (C=O) groups excluding carboxylic acids is 1. The van der Waals surface area contributed by atoms with Crippen LogP contribution in [0.25, 0.3) is 0 Å². The van der Waals surface area contributed by atoms with E-state index in [1.807, 2.05) is 14.1 Å². The quantitative estimate of drug-likeness (QED) is 0.812. The summed E-state index contributed by atoms with van der Waals surface area (Å²) >= 11 is 12.0. The van der Waals surface area contributed by atoms with Gasteiger partial charge in [-0.3, -0.25) is 4.79 Å². The van der Waals surface area contributed by atoms with Gasteiger partial charge < -0.3 is 15.5 Å². The first-order chi connectivity index (χ1) is 9.40. The maximum Gasteiger partial charge on any atom is 0.238 e. The Morgan fingerprint density at radius 3 is 2.45 bits per heavy atom. The Kier molecular flexibility index (Phi) is 7.30. The number of rotatable bonds is 7. The van der Waals surface area contributed by atoms with E-state index in [1.165, 1.54) is 0 Å². The highest BCUT2D eigenvalue weighted by molar-refractivity contribution is 6.39. The van der Waals surface area contributed by atoms with E-state index < -0.39 is 0 Å². The number of nitrogens with one attached hydrogen (secondary N) is 2. The van der Waals surface area contributed by atoms with Crippen LogP contribution < -0.4 is 10.6 Å². The molecule has 0 aliphatic carbocycles. The molecule has 0 spiro atoms. The summed E-state index contributed by atoms with van der Waals surface area (Å²) in [6.45, 7) is 3.27. The van der Waals surface area contributed by atoms with E-state index in [0.29, 0.717) is 15.7 Å². The highest BCUT2D eigenvalue weighted by Crippen LogP contribution is 2.29. The van der Waals surface area contributed by atoms with E-state index in [-0.39, 0.29) is 18.5 Å². The number of benzene rings is 1. The lowest BCUT2D eigenvalue weighted by molar-refractivity contribution is -0.115. The van der Waals surface area contributed by atoms with Crippen molar-refractivity contribution in [2.75, 3.05) is 32.5 Å². The molecule has 0 saturated carbocycles. The predicted octanol–water partition coefficient (Wildman–Crippen LogP) is 2.86. The van der Waals surface area contributed by atoms with Crippen molar-refractivity contribution < 1.29 is 4.79 Å². The first-order valence-electron chi connectivity index (χ1n) is 6.52. The molecule has 112 valence electrons. The lowest BCUT2D eigenvalue weighted by Crippen LogP contribution is -2.36. The van der Waals surface area contributed by atoms with Crippen LogP contribution in [0.3, 0.4) is 0 Å². The van der Waals surface area contributed by atoms with Gasteiger partial charge in [-0.15, -0.1) is 0 Å². The predicted molar refractivity (Wildman–Crippen MR) is 85.7 cm³/mol. The molecule has 1 atom stereocenters. The van der Waals surface area contributed by atoms with Gasteiger partial charge in [-0.2, -0.15) is 0 Å². The minimum Gasteiger partial charge on any atom is -0.322 e. The second-order valence-electron chi connectivity index (χ2n) is 5.02. The summed E-state index contributed by atoms with van der Waals surface area (Å²) in [4.78, 5) is 14.0. The third kappa shape index (κ3) is 6.09. The fourth-order valence-corrected chi connectivity index (χ4v) is 2.11. The van der Waals surface area contributed by atoms with Crippen molar-refractivity contribution in [3.63, 3.8) is 0 Å². The Hall–Kier alpha value is -0.810. The lowest BCUT2D eigenvalue weighted by Gasteiger charge is -2.16. The average Bonchev–Trinajstić information content (AvgIpc) is 2.38. The smallest absolute Gasteiger partial charge is 0.238 e. The molecular formula is C14H21Cl2N3O. The number of carbonyl (C=O) groups is 1. The van der Waals surface area contributed by atoms with Crippen LogP contribution in [-0.4, -0.2) is 44.0 Å². The molecule has 0 aromatic heterocycles. The molecule has 1 aromatic rings. The van der Waals surface area contributed by atoms with Crippen molar-refractivity contribution in [3.05, 3.63) is 28.2 Å². The third-order valence-corrected chi connectivity index (χ3v) is 3.48. The van der Waals surface area contributed by atoms with Crippen LogP contribution in [0, 0.1) is 0 Å². The standard InChI is InChI=1S/C14H21Cl2N3O/c1-10(7-8-19(2)3)17-9-13(20)18-14-11(15)5-4-6-12(14)16/h4-6,10,17H,7-9H2,1-3H3,(H,18,20). The van der Waals surface area contributed by atoms with Gasteiger partial charge in [0.1, 0.15) is 0 Å². The zero-order valence-corrected chi connectivity index (χ0v) is 13.6. The summed E-state index contributed by atoms with van der Waals surface area (Å²) in [5.74, 6) is -0.156. The molecule has 0 heterocycles. The van der Waals surface area contributed by atoms with Crippen LogP contribution >= 0.6 is 23.2 Å². The van der Waals surface area contributed by atoms with Crippen molar-refractivity contribution in [3.8, 4) is 0 Å². The van der Waals surface area contributed by atoms with Gasteiger partial charge in [-0.25, -0.2) is 0 Å². The van der Waals surface area contributed by atoms with E-state index in [4.69, 9.17) is 23.2 Å². The average molecular weight is 318 g/mol. The first kappa shape index (κ1) is 17.2. The fraction of sp³-hybridized carbons (Fsp3) is 0.500. The largest absolute Gasteiger partial charge is 0.322 e. The SMILES string of the molecule is CC(CCN(C)C)NCC(=O)Nc1c(Cl)cccc1Cl. The zero-order valence-electron chi connectivity index (χ0n) is 12.0. The Morgan fingerprint density at radius 2 is 1.90 bits per heavy atom. The Morgan fingerprint density at radius 1 is 1.30 bits per heavy atom. The van der Waals surface area contributed by atoms with Gasteiger partial charge in [0.25, 0.3) is 0 Å². The second-order valence-corrected chi connectivity index (χ2v) is 5.83. The molecule has 0 radical (unpaired) electrons. The van der Waals surface area contributed by atoms with E-state index in [1.54, 1.807) is 18.2 Å². The Bertz CT molecular complexity index is 432. The fourth-order valence-electron chi connectivity index (χ4n) is 1.62. The van der Waals surface area contributed by atoms with E-state index in [9.17, 15) is 4.79 Å². The molecule has 4 nitrogen and oxygen atoms in total. The summed E-state index contributed by atoms with van der Waals surface area (Å²) in [6, 6.07) is 5.39. The molecule has 0 fully saturated rings. The van der Waals surface area contributed by atoms with Gasteiger partial charge in [0.15, 0.2) is 0 Å². The van der Waals surface area contributed by atoms with E-state index >= 15 is 0 Å². The van der Waals surface area contributed by atoms with E-state index in [2.05, 4.69) is 22.5 Å². The summed E-state index contributed by atoms with van der Waals surface area (Å²) in [5, 5.41) is 6.77.